The molecule has 5 rings (SSSR count). The van der Waals surface area contributed by atoms with Gasteiger partial charge in [0.1, 0.15) is 17.3 Å². The van der Waals surface area contributed by atoms with Crippen molar-refractivity contribution in [1.29, 1.82) is 0 Å². The number of rotatable bonds is 7. The maximum atomic E-state index is 14.0. The van der Waals surface area contributed by atoms with Crippen molar-refractivity contribution in [2.75, 3.05) is 10.6 Å². The fourth-order valence-electron chi connectivity index (χ4n) is 4.71. The second kappa shape index (κ2) is 10.9. The molecule has 0 unspecified atom stereocenters. The number of carbonyl (C=O) groups excluding carboxylic acids is 1. The Morgan fingerprint density at radius 3 is 2.66 bits per heavy atom. The first-order valence-corrected chi connectivity index (χ1v) is 13.6. The Hall–Kier alpha value is -4.39. The number of aromatic nitrogens is 2. The number of non-ortho nitro benzene ring substituents is 1. The van der Waals surface area contributed by atoms with Gasteiger partial charge in [-0.15, -0.1) is 11.3 Å². The van der Waals surface area contributed by atoms with Crippen LogP contribution in [0, 0.1) is 17.0 Å². The van der Waals surface area contributed by atoms with Crippen molar-refractivity contribution < 1.29 is 27.6 Å². The Bertz CT molecular complexity index is 1600. The minimum Gasteiger partial charge on any atom is -0.457 e. The molecule has 1 aliphatic rings. The predicted molar refractivity (Wildman–Crippen MR) is 149 cm³/mol. The minimum absolute atomic E-state index is 0.0284. The third-order valence-corrected chi connectivity index (χ3v) is 7.67. The van der Waals surface area contributed by atoms with Gasteiger partial charge in [-0.05, 0) is 41.5 Å². The van der Waals surface area contributed by atoms with Crippen LogP contribution in [-0.2, 0) is 0 Å². The molecular weight excluding hydrogens is 559 g/mol. The largest absolute Gasteiger partial charge is 0.457 e. The average molecular weight is 586 g/mol. The van der Waals surface area contributed by atoms with Gasteiger partial charge in [-0.3, -0.25) is 14.9 Å². The number of nitrogens with zero attached hydrogens (tertiary/aromatic N) is 3. The molecule has 9 nitrogen and oxygen atoms in total. The molecule has 41 heavy (non-hydrogen) atoms. The van der Waals surface area contributed by atoms with Crippen molar-refractivity contribution in [1.82, 2.24) is 9.78 Å². The zero-order valence-corrected chi connectivity index (χ0v) is 23.0. The molecule has 0 spiro atoms. The van der Waals surface area contributed by atoms with Crippen molar-refractivity contribution in [2.24, 2.45) is 0 Å². The van der Waals surface area contributed by atoms with E-state index in [0.717, 1.165) is 26.8 Å². The number of hydrogen-bond acceptors (Lipinski definition) is 7. The highest BCUT2D eigenvalue weighted by Gasteiger charge is 2.47. The van der Waals surface area contributed by atoms with E-state index in [1.807, 2.05) is 39.0 Å². The van der Waals surface area contributed by atoms with Gasteiger partial charge < -0.3 is 15.4 Å². The topological polar surface area (TPSA) is 111 Å². The summed E-state index contributed by atoms with van der Waals surface area (Å²) in [6.45, 7) is 5.87. The maximum absolute atomic E-state index is 14.0. The van der Waals surface area contributed by atoms with Gasteiger partial charge in [0.15, 0.2) is 11.7 Å². The van der Waals surface area contributed by atoms with Crippen LogP contribution in [0.4, 0.5) is 30.4 Å². The molecule has 1 amide bonds. The van der Waals surface area contributed by atoms with Gasteiger partial charge in [0.2, 0.25) is 0 Å². The summed E-state index contributed by atoms with van der Waals surface area (Å²) in [5, 5.41) is 22.9. The summed E-state index contributed by atoms with van der Waals surface area (Å²) >= 11 is 1.33. The average Bonchev–Trinajstić information content (AvgIpc) is 3.57. The van der Waals surface area contributed by atoms with Gasteiger partial charge in [0, 0.05) is 29.5 Å². The summed E-state index contributed by atoms with van der Waals surface area (Å²) in [6, 6.07) is 11.7. The second-order valence-electron chi connectivity index (χ2n) is 10.1. The highest BCUT2D eigenvalue weighted by atomic mass is 32.1. The lowest BCUT2D eigenvalue weighted by Crippen LogP contribution is -2.35. The number of fused-ring (bicyclic) bond motifs is 1. The number of amides is 1. The summed E-state index contributed by atoms with van der Waals surface area (Å²) in [5.41, 5.74) is 1.24. The molecule has 13 heteroatoms. The highest BCUT2D eigenvalue weighted by molar-refractivity contribution is 7.10. The van der Waals surface area contributed by atoms with E-state index in [1.54, 1.807) is 17.5 Å². The summed E-state index contributed by atoms with van der Waals surface area (Å²) in [5.74, 6) is -0.0326. The van der Waals surface area contributed by atoms with Crippen molar-refractivity contribution in [3.05, 3.63) is 91.8 Å². The number of anilines is 2. The van der Waals surface area contributed by atoms with E-state index in [1.165, 1.54) is 29.5 Å². The fourth-order valence-corrected chi connectivity index (χ4v) is 5.50. The number of ether oxygens (including phenoxy) is 1. The first kappa shape index (κ1) is 28.1. The van der Waals surface area contributed by atoms with E-state index >= 15 is 0 Å². The third kappa shape index (κ3) is 6.04. The Morgan fingerprint density at radius 1 is 1.22 bits per heavy atom. The van der Waals surface area contributed by atoms with E-state index < -0.39 is 29.1 Å². The summed E-state index contributed by atoms with van der Waals surface area (Å²) in [4.78, 5) is 24.9. The highest BCUT2D eigenvalue weighted by Crippen LogP contribution is 2.44. The predicted octanol–water partition coefficient (Wildman–Crippen LogP) is 7.99. The SMILES string of the molecule is Cc1ccc(C(C)C)c(Oc2cc(NC(=O)c3cc4n(n3)[C@@H](C(F)(F)F)C[C@@H](c3cccs3)N4)cc([N+](=O)[O-])c2)c1. The first-order chi connectivity index (χ1) is 19.4. The van der Waals surface area contributed by atoms with Gasteiger partial charge in [-0.25, -0.2) is 4.68 Å². The molecule has 2 N–H and O–H groups in total. The Morgan fingerprint density at radius 2 is 2.00 bits per heavy atom. The molecule has 4 aromatic rings. The van der Waals surface area contributed by atoms with E-state index in [0.29, 0.717) is 5.75 Å². The number of carbonyl (C=O) groups is 1. The number of nitro benzene ring substituents is 1. The molecule has 1 aliphatic heterocycles. The summed E-state index contributed by atoms with van der Waals surface area (Å²) in [7, 11) is 0. The van der Waals surface area contributed by atoms with Gasteiger partial charge in [0.05, 0.1) is 22.7 Å². The fraction of sp³-hybridized carbons (Fsp3) is 0.286. The van der Waals surface area contributed by atoms with Crippen LogP contribution in [0.1, 0.15) is 64.8 Å². The molecule has 214 valence electrons. The molecule has 3 heterocycles. The molecular formula is C28H26F3N5O4S. The van der Waals surface area contributed by atoms with Crippen molar-refractivity contribution in [3.8, 4) is 11.5 Å². The lowest BCUT2D eigenvalue weighted by molar-refractivity contribution is -0.384. The van der Waals surface area contributed by atoms with Crippen molar-refractivity contribution in [2.45, 2.75) is 51.4 Å². The van der Waals surface area contributed by atoms with Gasteiger partial charge in [0.25, 0.3) is 11.6 Å². The molecule has 0 bridgehead atoms. The maximum Gasteiger partial charge on any atom is 0.410 e. The first-order valence-electron chi connectivity index (χ1n) is 12.7. The van der Waals surface area contributed by atoms with E-state index in [4.69, 9.17) is 4.74 Å². The number of hydrogen-bond donors (Lipinski definition) is 2. The van der Waals surface area contributed by atoms with Crippen LogP contribution in [-0.4, -0.2) is 26.8 Å². The van der Waals surface area contributed by atoms with Crippen molar-refractivity contribution >= 4 is 34.4 Å². The van der Waals surface area contributed by atoms with Crippen LogP contribution in [0.15, 0.2) is 60.0 Å². The van der Waals surface area contributed by atoms with Crippen LogP contribution in [0.5, 0.6) is 11.5 Å². The van der Waals surface area contributed by atoms with E-state index in [9.17, 15) is 28.1 Å². The van der Waals surface area contributed by atoms with Crippen LogP contribution in [0.25, 0.3) is 0 Å². The van der Waals surface area contributed by atoms with Crippen LogP contribution in [0.2, 0.25) is 0 Å². The van der Waals surface area contributed by atoms with Crippen LogP contribution in [0.3, 0.4) is 0 Å². The number of nitrogens with one attached hydrogen (secondary N) is 2. The van der Waals surface area contributed by atoms with Gasteiger partial charge >= 0.3 is 6.18 Å². The third-order valence-electron chi connectivity index (χ3n) is 6.69. The zero-order chi connectivity index (χ0) is 29.5. The lowest BCUT2D eigenvalue weighted by Gasteiger charge is -2.32. The Kier molecular flexibility index (Phi) is 7.47. The van der Waals surface area contributed by atoms with Crippen LogP contribution >= 0.6 is 11.3 Å². The van der Waals surface area contributed by atoms with Gasteiger partial charge in [-0.2, -0.15) is 18.3 Å². The smallest absolute Gasteiger partial charge is 0.410 e. The zero-order valence-electron chi connectivity index (χ0n) is 22.2. The van der Waals surface area contributed by atoms with Crippen LogP contribution < -0.4 is 15.4 Å². The van der Waals surface area contributed by atoms with Gasteiger partial charge in [-0.1, -0.05) is 32.0 Å². The molecule has 0 saturated heterocycles. The lowest BCUT2D eigenvalue weighted by atomic mass is 10.0. The number of alkyl halides is 3. The standard InChI is InChI=1S/C28H26F3N5O4S/c1-15(2)20-7-6-16(3)9-23(20)40-19-11-17(10-18(12-19)36(38)39)32-27(37)22-14-26-33-21(24-5-4-8-41-24)13-25(28(29,30)31)35(26)34-22/h4-12,14-15,21,25,33H,13H2,1-3H3,(H,32,37)/t21-,25+/m0/s1. The molecule has 0 radical (unpaired) electrons. The second-order valence-corrected chi connectivity index (χ2v) is 11.1. The number of nitro groups is 1. The molecule has 2 atom stereocenters. The Balaban J connectivity index is 1.44. The van der Waals surface area contributed by atoms with E-state index in [-0.39, 0.29) is 41.0 Å². The molecule has 0 saturated carbocycles. The molecule has 0 aliphatic carbocycles. The summed E-state index contributed by atoms with van der Waals surface area (Å²) in [6.07, 6.45) is -4.88. The number of benzene rings is 2. The molecule has 2 aromatic heterocycles. The molecule has 2 aromatic carbocycles. The number of halogens is 3. The quantitative estimate of drug-likeness (QED) is 0.168. The number of thiophene rings is 1. The molecule has 0 fully saturated rings. The van der Waals surface area contributed by atoms with E-state index in [2.05, 4.69) is 15.7 Å². The summed E-state index contributed by atoms with van der Waals surface area (Å²) < 4.78 is 48.7. The normalized spacial score (nSPS) is 16.7. The minimum atomic E-state index is -4.59. The Labute approximate surface area is 237 Å². The number of aryl methyl sites for hydroxylation is 1. The van der Waals surface area contributed by atoms with Crippen molar-refractivity contribution in [3.63, 3.8) is 0 Å². The monoisotopic (exact) mass is 585 g/mol.